The zero-order chi connectivity index (χ0) is 21.8. The van der Waals surface area contributed by atoms with E-state index in [1.54, 1.807) is 24.2 Å². The number of amides is 1. The first kappa shape index (κ1) is 21.1. The van der Waals surface area contributed by atoms with Crippen LogP contribution in [0.25, 0.3) is 5.82 Å². The van der Waals surface area contributed by atoms with Gasteiger partial charge in [-0.15, -0.1) is 0 Å². The molecule has 0 spiro atoms. The number of benzene rings is 1. The number of ether oxygens (including phenoxy) is 1. The van der Waals surface area contributed by atoms with Crippen LogP contribution in [0.3, 0.4) is 0 Å². The van der Waals surface area contributed by atoms with Crippen LogP contribution in [0, 0.1) is 12.8 Å². The Morgan fingerprint density at radius 1 is 1.23 bits per heavy atom. The molecule has 0 radical (unpaired) electrons. The lowest BCUT2D eigenvalue weighted by Gasteiger charge is -2.39. The maximum Gasteiger partial charge on any atom is 0.254 e. The van der Waals surface area contributed by atoms with Gasteiger partial charge in [0.25, 0.3) is 5.91 Å². The summed E-state index contributed by atoms with van der Waals surface area (Å²) in [7, 11) is 3.84. The maximum absolute atomic E-state index is 12.9. The number of likely N-dealkylation sites (tertiary alicyclic amines) is 1. The molecule has 7 nitrogen and oxygen atoms in total. The number of rotatable bonds is 6. The van der Waals surface area contributed by atoms with Gasteiger partial charge in [-0.3, -0.25) is 9.69 Å². The average molecular weight is 420 g/mol. The molecule has 2 atom stereocenters. The minimum Gasteiger partial charge on any atom is -0.497 e. The summed E-state index contributed by atoms with van der Waals surface area (Å²) in [5.41, 5.74) is 2.61. The van der Waals surface area contributed by atoms with Crippen molar-refractivity contribution in [3.63, 3.8) is 0 Å². The first-order chi connectivity index (χ1) is 15.1. The summed E-state index contributed by atoms with van der Waals surface area (Å²) >= 11 is 0. The van der Waals surface area contributed by atoms with Crippen molar-refractivity contribution < 1.29 is 9.53 Å². The molecule has 1 saturated heterocycles. The number of carbonyl (C=O) groups excluding carboxylic acids is 1. The highest BCUT2D eigenvalue weighted by Crippen LogP contribution is 2.35. The quantitative estimate of drug-likeness (QED) is 0.663. The summed E-state index contributed by atoms with van der Waals surface area (Å²) < 4.78 is 7.00. The first-order valence-corrected chi connectivity index (χ1v) is 10.7. The van der Waals surface area contributed by atoms with Crippen molar-refractivity contribution in [3.05, 3.63) is 71.7 Å². The van der Waals surface area contributed by atoms with Crippen LogP contribution in [-0.4, -0.2) is 52.8 Å². The summed E-state index contributed by atoms with van der Waals surface area (Å²) in [6.45, 7) is 3.57. The highest BCUT2D eigenvalue weighted by molar-refractivity contribution is 5.95. The van der Waals surface area contributed by atoms with Crippen molar-refractivity contribution in [1.29, 1.82) is 0 Å². The van der Waals surface area contributed by atoms with E-state index >= 15 is 0 Å². The van der Waals surface area contributed by atoms with E-state index < -0.39 is 0 Å². The molecule has 7 heteroatoms. The van der Waals surface area contributed by atoms with Crippen LogP contribution in [0.5, 0.6) is 5.75 Å². The standard InChI is InChI=1S/C24H29N5O2/c1-17-21(16-27-29(17)22-8-4-5-13-25-22)24(30)26-15-19-7-6-14-28(2)23(19)18-9-11-20(31-3)12-10-18/h4-5,8-13,16,19,23H,6-7,14-15H2,1-3H3,(H,26,30). The molecule has 2 aromatic heterocycles. The number of methoxy groups -OCH3 is 1. The Morgan fingerprint density at radius 3 is 2.74 bits per heavy atom. The van der Waals surface area contributed by atoms with Gasteiger partial charge in [-0.05, 0) is 69.1 Å². The van der Waals surface area contributed by atoms with Crippen molar-refractivity contribution in [2.75, 3.05) is 27.2 Å². The zero-order valence-electron chi connectivity index (χ0n) is 18.3. The predicted molar refractivity (Wildman–Crippen MR) is 120 cm³/mol. The number of nitrogens with one attached hydrogen (secondary N) is 1. The minimum atomic E-state index is -0.0959. The molecule has 0 saturated carbocycles. The predicted octanol–water partition coefficient (Wildman–Crippen LogP) is 3.40. The molecule has 1 fully saturated rings. The molecule has 1 amide bonds. The number of pyridine rings is 1. The van der Waals surface area contributed by atoms with Gasteiger partial charge >= 0.3 is 0 Å². The molecule has 31 heavy (non-hydrogen) atoms. The van der Waals surface area contributed by atoms with Crippen LogP contribution >= 0.6 is 0 Å². The zero-order valence-corrected chi connectivity index (χ0v) is 18.3. The molecule has 1 N–H and O–H groups in total. The van der Waals surface area contributed by atoms with Crippen molar-refractivity contribution in [3.8, 4) is 11.6 Å². The molecular formula is C24H29N5O2. The number of aromatic nitrogens is 3. The van der Waals surface area contributed by atoms with Crippen LogP contribution in [0.1, 0.15) is 40.5 Å². The van der Waals surface area contributed by atoms with Crippen molar-refractivity contribution in [2.24, 2.45) is 5.92 Å². The highest BCUT2D eigenvalue weighted by atomic mass is 16.5. The Balaban J connectivity index is 1.47. The number of hydrogen-bond donors (Lipinski definition) is 1. The van der Waals surface area contributed by atoms with Gasteiger partial charge in [0.05, 0.1) is 24.6 Å². The highest BCUT2D eigenvalue weighted by Gasteiger charge is 2.31. The van der Waals surface area contributed by atoms with Crippen LogP contribution in [0.2, 0.25) is 0 Å². The van der Waals surface area contributed by atoms with Gasteiger partial charge in [0.2, 0.25) is 0 Å². The minimum absolute atomic E-state index is 0.0959. The molecular weight excluding hydrogens is 390 g/mol. The normalized spacial score (nSPS) is 19.2. The van der Waals surface area contributed by atoms with Gasteiger partial charge in [-0.1, -0.05) is 18.2 Å². The third-order valence-corrected chi connectivity index (χ3v) is 6.11. The molecule has 1 aliphatic heterocycles. The molecule has 2 unspecified atom stereocenters. The lowest BCUT2D eigenvalue weighted by molar-refractivity contribution is 0.0890. The summed E-state index contributed by atoms with van der Waals surface area (Å²) in [6.07, 6.45) is 5.54. The summed E-state index contributed by atoms with van der Waals surface area (Å²) in [6, 6.07) is 14.2. The number of nitrogens with zero attached hydrogens (tertiary/aromatic N) is 4. The Kier molecular flexibility index (Phi) is 6.32. The summed E-state index contributed by atoms with van der Waals surface area (Å²) in [5.74, 6) is 1.80. The number of piperidine rings is 1. The molecule has 3 heterocycles. The number of hydrogen-bond acceptors (Lipinski definition) is 5. The fourth-order valence-electron chi connectivity index (χ4n) is 4.46. The van der Waals surface area contributed by atoms with E-state index in [0.29, 0.717) is 23.8 Å². The van der Waals surface area contributed by atoms with Gasteiger partial charge in [0.1, 0.15) is 5.75 Å². The van der Waals surface area contributed by atoms with Gasteiger partial charge in [0.15, 0.2) is 5.82 Å². The Hall–Kier alpha value is -3.19. The number of carbonyl (C=O) groups is 1. The molecule has 1 aromatic carbocycles. The van der Waals surface area contributed by atoms with Gasteiger partial charge in [0, 0.05) is 18.8 Å². The fraction of sp³-hybridized carbons (Fsp3) is 0.375. The van der Waals surface area contributed by atoms with Gasteiger partial charge in [-0.2, -0.15) is 5.10 Å². The van der Waals surface area contributed by atoms with Crippen molar-refractivity contribution in [1.82, 2.24) is 25.0 Å². The van der Waals surface area contributed by atoms with Crippen molar-refractivity contribution >= 4 is 5.91 Å². The molecule has 4 rings (SSSR count). The van der Waals surface area contributed by atoms with E-state index in [2.05, 4.69) is 39.5 Å². The van der Waals surface area contributed by atoms with E-state index in [9.17, 15) is 4.79 Å². The van der Waals surface area contributed by atoms with Crippen LogP contribution < -0.4 is 10.1 Å². The van der Waals surface area contributed by atoms with Crippen LogP contribution in [-0.2, 0) is 0 Å². The van der Waals surface area contributed by atoms with Crippen LogP contribution in [0.4, 0.5) is 0 Å². The second kappa shape index (κ2) is 9.31. The molecule has 3 aromatic rings. The average Bonchev–Trinajstić information content (AvgIpc) is 3.19. The van der Waals surface area contributed by atoms with Crippen molar-refractivity contribution in [2.45, 2.75) is 25.8 Å². The summed E-state index contributed by atoms with van der Waals surface area (Å²) in [4.78, 5) is 19.6. The Bertz CT molecular complexity index is 1020. The van der Waals surface area contributed by atoms with E-state index in [1.165, 1.54) is 5.56 Å². The van der Waals surface area contributed by atoms with Gasteiger partial charge in [-0.25, -0.2) is 9.67 Å². The molecule has 0 aliphatic carbocycles. The second-order valence-electron chi connectivity index (χ2n) is 8.05. The smallest absolute Gasteiger partial charge is 0.254 e. The SMILES string of the molecule is COc1ccc(C2C(CNC(=O)c3cnn(-c4ccccn4)c3C)CCCN2C)cc1. The monoisotopic (exact) mass is 419 g/mol. The largest absolute Gasteiger partial charge is 0.497 e. The first-order valence-electron chi connectivity index (χ1n) is 10.7. The maximum atomic E-state index is 12.9. The van der Waals surface area contributed by atoms with E-state index in [-0.39, 0.29) is 11.9 Å². The third-order valence-electron chi connectivity index (χ3n) is 6.11. The lowest BCUT2D eigenvalue weighted by atomic mass is 9.85. The molecule has 1 aliphatic rings. The van der Waals surface area contributed by atoms with E-state index in [0.717, 1.165) is 30.8 Å². The lowest BCUT2D eigenvalue weighted by Crippen LogP contribution is -2.41. The Morgan fingerprint density at radius 2 is 2.03 bits per heavy atom. The summed E-state index contributed by atoms with van der Waals surface area (Å²) in [5, 5.41) is 7.52. The van der Waals surface area contributed by atoms with Crippen LogP contribution in [0.15, 0.2) is 54.9 Å². The van der Waals surface area contributed by atoms with Gasteiger partial charge < -0.3 is 10.1 Å². The second-order valence-corrected chi connectivity index (χ2v) is 8.05. The molecule has 162 valence electrons. The Labute approximate surface area is 183 Å². The molecule has 0 bridgehead atoms. The van der Waals surface area contributed by atoms with E-state index in [4.69, 9.17) is 4.74 Å². The third kappa shape index (κ3) is 4.46. The fourth-order valence-corrected chi connectivity index (χ4v) is 4.46. The topological polar surface area (TPSA) is 72.3 Å². The van der Waals surface area contributed by atoms with E-state index in [1.807, 2.05) is 37.3 Å².